The summed E-state index contributed by atoms with van der Waals surface area (Å²) in [5.74, 6) is 1.08. The highest BCUT2D eigenvalue weighted by Crippen LogP contribution is 2.23. The fourth-order valence-corrected chi connectivity index (χ4v) is 4.91. The first kappa shape index (κ1) is 19.1. The summed E-state index contributed by atoms with van der Waals surface area (Å²) in [4.78, 5) is 22.8. The summed E-state index contributed by atoms with van der Waals surface area (Å²) in [6, 6.07) is 12.7. The van der Waals surface area contributed by atoms with Gasteiger partial charge in [0.2, 0.25) is 11.0 Å². The molecule has 0 unspecified atom stereocenters. The quantitative estimate of drug-likeness (QED) is 0.640. The molecule has 146 valence electrons. The van der Waals surface area contributed by atoms with E-state index in [0.29, 0.717) is 6.42 Å². The van der Waals surface area contributed by atoms with Crippen molar-refractivity contribution in [1.29, 1.82) is 0 Å². The number of aryl methyl sites for hydroxylation is 1. The van der Waals surface area contributed by atoms with Gasteiger partial charge in [-0.15, -0.1) is 11.3 Å². The van der Waals surface area contributed by atoms with E-state index in [0.717, 1.165) is 41.9 Å². The van der Waals surface area contributed by atoms with E-state index in [2.05, 4.69) is 47.4 Å². The molecule has 1 amide bonds. The van der Waals surface area contributed by atoms with E-state index in [-0.39, 0.29) is 11.9 Å². The molecular weight excluding hydrogens is 388 g/mol. The highest BCUT2D eigenvalue weighted by Gasteiger charge is 2.29. The number of aromatic nitrogens is 2. The normalized spacial score (nSPS) is 17.1. The van der Waals surface area contributed by atoms with Crippen LogP contribution in [-0.4, -0.2) is 45.8 Å². The summed E-state index contributed by atoms with van der Waals surface area (Å²) in [5.41, 5.74) is 2.49. The Morgan fingerprint density at radius 1 is 1.21 bits per heavy atom. The summed E-state index contributed by atoms with van der Waals surface area (Å²) < 4.78 is 4.55. The molecule has 1 aliphatic rings. The van der Waals surface area contributed by atoms with Gasteiger partial charge in [-0.3, -0.25) is 4.79 Å². The molecule has 2 aromatic heterocycles. The Bertz CT molecular complexity index is 920. The number of anilines is 1. The molecule has 0 aliphatic carbocycles. The molecule has 0 radical (unpaired) electrons. The molecule has 0 bridgehead atoms. The maximum absolute atomic E-state index is 12.6. The van der Waals surface area contributed by atoms with E-state index in [1.54, 1.807) is 11.3 Å². The number of benzene rings is 1. The Labute approximate surface area is 173 Å². The van der Waals surface area contributed by atoms with Gasteiger partial charge in [-0.1, -0.05) is 35.9 Å². The summed E-state index contributed by atoms with van der Waals surface area (Å²) >= 11 is 3.10. The SMILES string of the molecule is Cc1ccc(Cc2nsc(N3CCN(C(=O)Cc4cccs4)[C@@H](C)C3)n2)cc1. The molecule has 0 saturated carbocycles. The maximum atomic E-state index is 12.6. The van der Waals surface area contributed by atoms with E-state index >= 15 is 0 Å². The van der Waals surface area contributed by atoms with Gasteiger partial charge in [-0.05, 0) is 30.9 Å². The topological polar surface area (TPSA) is 49.3 Å². The fourth-order valence-electron chi connectivity index (χ4n) is 3.50. The number of hydrogen-bond acceptors (Lipinski definition) is 6. The third kappa shape index (κ3) is 4.42. The van der Waals surface area contributed by atoms with Crippen LogP contribution in [0, 0.1) is 6.92 Å². The van der Waals surface area contributed by atoms with Gasteiger partial charge in [0.15, 0.2) is 0 Å². The summed E-state index contributed by atoms with van der Waals surface area (Å²) in [6.45, 7) is 6.55. The minimum Gasteiger partial charge on any atom is -0.343 e. The van der Waals surface area contributed by atoms with E-state index in [1.807, 2.05) is 22.4 Å². The first-order valence-electron chi connectivity index (χ1n) is 9.53. The van der Waals surface area contributed by atoms with Crippen molar-refractivity contribution in [2.75, 3.05) is 24.5 Å². The van der Waals surface area contributed by atoms with Crippen molar-refractivity contribution < 1.29 is 4.79 Å². The minimum absolute atomic E-state index is 0.172. The van der Waals surface area contributed by atoms with Crippen LogP contribution in [0.5, 0.6) is 0 Å². The zero-order chi connectivity index (χ0) is 19.5. The second-order valence-electron chi connectivity index (χ2n) is 7.29. The predicted molar refractivity (Wildman–Crippen MR) is 115 cm³/mol. The first-order chi connectivity index (χ1) is 13.6. The molecule has 1 aromatic carbocycles. The molecule has 1 aliphatic heterocycles. The fraction of sp³-hybridized carbons (Fsp3) is 0.381. The Hall–Kier alpha value is -2.25. The van der Waals surface area contributed by atoms with Crippen LogP contribution in [0.2, 0.25) is 0 Å². The van der Waals surface area contributed by atoms with E-state index in [4.69, 9.17) is 4.98 Å². The second kappa shape index (κ2) is 8.41. The van der Waals surface area contributed by atoms with Gasteiger partial charge >= 0.3 is 0 Å². The molecule has 0 spiro atoms. The van der Waals surface area contributed by atoms with Gasteiger partial charge in [-0.2, -0.15) is 4.37 Å². The lowest BCUT2D eigenvalue weighted by Crippen LogP contribution is -2.54. The average Bonchev–Trinajstić information content (AvgIpc) is 3.35. The van der Waals surface area contributed by atoms with Crippen LogP contribution in [0.1, 0.15) is 28.8 Å². The van der Waals surface area contributed by atoms with Crippen LogP contribution in [0.4, 0.5) is 5.13 Å². The van der Waals surface area contributed by atoms with Crippen LogP contribution in [0.3, 0.4) is 0 Å². The maximum Gasteiger partial charge on any atom is 0.228 e. The van der Waals surface area contributed by atoms with E-state index in [1.165, 1.54) is 22.7 Å². The molecule has 0 N–H and O–H groups in total. The third-order valence-corrected chi connectivity index (χ3v) is 6.76. The van der Waals surface area contributed by atoms with Crippen LogP contribution >= 0.6 is 22.9 Å². The lowest BCUT2D eigenvalue weighted by atomic mass is 10.1. The van der Waals surface area contributed by atoms with Gasteiger partial charge in [-0.25, -0.2) is 4.98 Å². The zero-order valence-corrected chi connectivity index (χ0v) is 17.8. The monoisotopic (exact) mass is 412 g/mol. The minimum atomic E-state index is 0.172. The van der Waals surface area contributed by atoms with E-state index in [9.17, 15) is 4.79 Å². The number of nitrogens with zero attached hydrogens (tertiary/aromatic N) is 4. The molecule has 1 fully saturated rings. The Morgan fingerprint density at radius 2 is 2.04 bits per heavy atom. The summed E-state index contributed by atoms with van der Waals surface area (Å²) in [5, 5.41) is 2.98. The summed E-state index contributed by atoms with van der Waals surface area (Å²) in [7, 11) is 0. The van der Waals surface area contributed by atoms with Gasteiger partial charge in [0.1, 0.15) is 5.82 Å². The van der Waals surface area contributed by atoms with Crippen LogP contribution < -0.4 is 4.90 Å². The lowest BCUT2D eigenvalue weighted by molar-refractivity contribution is -0.132. The number of carbonyl (C=O) groups excluding carboxylic acids is 1. The molecule has 28 heavy (non-hydrogen) atoms. The van der Waals surface area contributed by atoms with Crippen molar-refractivity contribution in [2.24, 2.45) is 0 Å². The van der Waals surface area contributed by atoms with Crippen molar-refractivity contribution in [3.63, 3.8) is 0 Å². The van der Waals surface area contributed by atoms with Crippen LogP contribution in [-0.2, 0) is 17.6 Å². The van der Waals surface area contributed by atoms with Crippen molar-refractivity contribution in [1.82, 2.24) is 14.3 Å². The predicted octanol–water partition coefficient (Wildman–Crippen LogP) is 3.78. The Morgan fingerprint density at radius 3 is 2.75 bits per heavy atom. The molecule has 4 rings (SSSR count). The smallest absolute Gasteiger partial charge is 0.228 e. The van der Waals surface area contributed by atoms with Crippen molar-refractivity contribution in [2.45, 2.75) is 32.7 Å². The Kier molecular flexibility index (Phi) is 5.73. The van der Waals surface area contributed by atoms with Crippen LogP contribution in [0.15, 0.2) is 41.8 Å². The average molecular weight is 413 g/mol. The number of carbonyl (C=O) groups is 1. The number of piperazine rings is 1. The number of rotatable bonds is 5. The first-order valence-corrected chi connectivity index (χ1v) is 11.2. The standard InChI is InChI=1S/C21H24N4OS2/c1-15-5-7-17(8-6-15)12-19-22-21(28-23-19)24-9-10-25(16(2)14-24)20(26)13-18-4-3-11-27-18/h3-8,11,16H,9-10,12-14H2,1-2H3/t16-/m0/s1. The zero-order valence-electron chi connectivity index (χ0n) is 16.2. The number of amides is 1. The van der Waals surface area contributed by atoms with Crippen LogP contribution in [0.25, 0.3) is 0 Å². The lowest BCUT2D eigenvalue weighted by Gasteiger charge is -2.39. The number of hydrogen-bond donors (Lipinski definition) is 0. The highest BCUT2D eigenvalue weighted by molar-refractivity contribution is 7.10. The highest BCUT2D eigenvalue weighted by atomic mass is 32.1. The number of thiophene rings is 1. The molecular formula is C21H24N4OS2. The molecule has 3 heterocycles. The van der Waals surface area contributed by atoms with E-state index < -0.39 is 0 Å². The van der Waals surface area contributed by atoms with Gasteiger partial charge in [0, 0.05) is 48.5 Å². The summed E-state index contributed by atoms with van der Waals surface area (Å²) in [6.07, 6.45) is 1.26. The van der Waals surface area contributed by atoms with Crippen molar-refractivity contribution in [3.05, 3.63) is 63.6 Å². The largest absolute Gasteiger partial charge is 0.343 e. The molecule has 7 heteroatoms. The third-order valence-electron chi connectivity index (χ3n) is 5.06. The van der Waals surface area contributed by atoms with Gasteiger partial charge < -0.3 is 9.80 Å². The molecule has 1 atom stereocenters. The van der Waals surface area contributed by atoms with Crippen molar-refractivity contribution >= 4 is 33.9 Å². The Balaban J connectivity index is 1.35. The molecule has 3 aromatic rings. The molecule has 5 nitrogen and oxygen atoms in total. The second-order valence-corrected chi connectivity index (χ2v) is 9.06. The van der Waals surface area contributed by atoms with Gasteiger partial charge in [0.25, 0.3) is 0 Å². The van der Waals surface area contributed by atoms with Crippen molar-refractivity contribution in [3.8, 4) is 0 Å². The van der Waals surface area contributed by atoms with Gasteiger partial charge in [0.05, 0.1) is 6.42 Å². The molecule has 1 saturated heterocycles.